The number of hydrogen-bond donors (Lipinski definition) is 2. The fraction of sp³-hybridized carbons (Fsp3) is 0.391. The Balaban J connectivity index is 1.41. The second kappa shape index (κ2) is 10.3. The van der Waals surface area contributed by atoms with Crippen molar-refractivity contribution >= 4 is 35.0 Å². The normalized spacial score (nSPS) is 17.0. The SMILES string of the molecule is NC(=O)[C@H](CCC(=O)O)N1C(=O)c2csc(COc3ccc(CN4CCOCC4)cc3)c2C1=O. The number of nitrogens with zero attached hydrogens (tertiary/aromatic N) is 2. The van der Waals surface area contributed by atoms with Crippen LogP contribution in [0, 0.1) is 0 Å². The summed E-state index contributed by atoms with van der Waals surface area (Å²) in [5.41, 5.74) is 6.88. The van der Waals surface area contributed by atoms with E-state index in [0.717, 1.165) is 43.3 Å². The maximum absolute atomic E-state index is 13.0. The molecule has 4 rings (SSSR count). The highest BCUT2D eigenvalue weighted by Crippen LogP contribution is 2.34. The van der Waals surface area contributed by atoms with Gasteiger partial charge in [-0.15, -0.1) is 11.3 Å². The minimum absolute atomic E-state index is 0.0754. The van der Waals surface area contributed by atoms with Crippen molar-refractivity contribution in [2.24, 2.45) is 5.73 Å². The molecule has 2 aliphatic heterocycles. The van der Waals surface area contributed by atoms with Gasteiger partial charge in [0.1, 0.15) is 18.4 Å². The number of hydrogen-bond acceptors (Lipinski definition) is 8. The van der Waals surface area contributed by atoms with Gasteiger partial charge in [-0.25, -0.2) is 0 Å². The number of aliphatic carboxylic acids is 1. The summed E-state index contributed by atoms with van der Waals surface area (Å²) in [4.78, 5) is 52.2. The molecule has 0 radical (unpaired) electrons. The van der Waals surface area contributed by atoms with E-state index in [2.05, 4.69) is 4.90 Å². The molecule has 1 aromatic carbocycles. The number of imide groups is 1. The van der Waals surface area contributed by atoms with Crippen LogP contribution in [0.15, 0.2) is 29.6 Å². The average molecular weight is 488 g/mol. The molecule has 0 aliphatic carbocycles. The fourth-order valence-electron chi connectivity index (χ4n) is 4.04. The molecule has 34 heavy (non-hydrogen) atoms. The maximum Gasteiger partial charge on any atom is 0.303 e. The number of benzene rings is 1. The summed E-state index contributed by atoms with van der Waals surface area (Å²) in [6.07, 6.45) is -0.631. The van der Waals surface area contributed by atoms with E-state index in [0.29, 0.717) is 10.6 Å². The lowest BCUT2D eigenvalue weighted by Gasteiger charge is -2.26. The van der Waals surface area contributed by atoms with Crippen LogP contribution in [0.2, 0.25) is 0 Å². The summed E-state index contributed by atoms with van der Waals surface area (Å²) in [5, 5.41) is 10.5. The number of amides is 3. The standard InChI is InChI=1S/C23H25N3O7S/c24-21(29)17(5-6-19(27)28)26-22(30)16-13-34-18(20(16)23(26)31)12-33-15-3-1-14(2-4-15)11-25-7-9-32-10-8-25/h1-4,13,17H,5-12H2,(H2,24,29)(H,27,28)/t17-/m0/s1. The van der Waals surface area contributed by atoms with Crippen LogP contribution >= 0.6 is 11.3 Å². The highest BCUT2D eigenvalue weighted by atomic mass is 32.1. The summed E-state index contributed by atoms with van der Waals surface area (Å²) in [6.45, 7) is 4.19. The van der Waals surface area contributed by atoms with Gasteiger partial charge in [0, 0.05) is 31.4 Å². The zero-order chi connectivity index (χ0) is 24.2. The third-order valence-electron chi connectivity index (χ3n) is 5.82. The molecule has 180 valence electrons. The Bertz CT molecular complexity index is 1090. The Kier molecular flexibility index (Phi) is 7.25. The number of primary amides is 1. The average Bonchev–Trinajstić information content (AvgIpc) is 3.34. The van der Waals surface area contributed by atoms with E-state index in [4.69, 9.17) is 20.3 Å². The maximum atomic E-state index is 13.0. The van der Waals surface area contributed by atoms with Crippen molar-refractivity contribution < 1.29 is 33.8 Å². The van der Waals surface area contributed by atoms with Gasteiger partial charge in [-0.1, -0.05) is 12.1 Å². The van der Waals surface area contributed by atoms with Crippen molar-refractivity contribution in [2.75, 3.05) is 26.3 Å². The van der Waals surface area contributed by atoms with Crippen LogP contribution in [0.5, 0.6) is 5.75 Å². The monoisotopic (exact) mass is 487 g/mol. The predicted molar refractivity (Wildman–Crippen MR) is 122 cm³/mol. The Morgan fingerprint density at radius 3 is 2.50 bits per heavy atom. The minimum Gasteiger partial charge on any atom is -0.488 e. The number of carbonyl (C=O) groups excluding carboxylic acids is 3. The predicted octanol–water partition coefficient (Wildman–Crippen LogP) is 1.47. The van der Waals surface area contributed by atoms with Gasteiger partial charge < -0.3 is 20.3 Å². The molecule has 11 heteroatoms. The van der Waals surface area contributed by atoms with Gasteiger partial charge in [0.2, 0.25) is 5.91 Å². The van der Waals surface area contributed by atoms with Crippen LogP contribution in [0.3, 0.4) is 0 Å². The molecule has 0 bridgehead atoms. The van der Waals surface area contributed by atoms with Gasteiger partial charge in [-0.3, -0.25) is 29.0 Å². The highest BCUT2D eigenvalue weighted by molar-refractivity contribution is 7.10. The van der Waals surface area contributed by atoms with E-state index in [-0.39, 0.29) is 24.2 Å². The summed E-state index contributed by atoms with van der Waals surface area (Å²) in [5.74, 6) is -2.76. The first-order valence-corrected chi connectivity index (χ1v) is 11.7. The van der Waals surface area contributed by atoms with E-state index in [1.807, 2.05) is 24.3 Å². The number of thiophene rings is 1. The van der Waals surface area contributed by atoms with Gasteiger partial charge in [0.25, 0.3) is 11.8 Å². The van der Waals surface area contributed by atoms with Crippen LogP contribution in [0.4, 0.5) is 0 Å². The van der Waals surface area contributed by atoms with Crippen molar-refractivity contribution in [2.45, 2.75) is 32.0 Å². The molecular formula is C23H25N3O7S. The van der Waals surface area contributed by atoms with E-state index in [1.54, 1.807) is 5.38 Å². The van der Waals surface area contributed by atoms with Gasteiger partial charge in [0.15, 0.2) is 0 Å². The smallest absolute Gasteiger partial charge is 0.303 e. The highest BCUT2D eigenvalue weighted by Gasteiger charge is 2.44. The van der Waals surface area contributed by atoms with Gasteiger partial charge in [-0.05, 0) is 24.1 Å². The summed E-state index contributed by atoms with van der Waals surface area (Å²) < 4.78 is 11.2. The topological polar surface area (TPSA) is 139 Å². The lowest BCUT2D eigenvalue weighted by molar-refractivity contribution is -0.137. The molecule has 0 spiro atoms. The second-order valence-electron chi connectivity index (χ2n) is 8.10. The van der Waals surface area contributed by atoms with Gasteiger partial charge in [0.05, 0.1) is 29.2 Å². The molecule has 1 saturated heterocycles. The summed E-state index contributed by atoms with van der Waals surface area (Å²) in [7, 11) is 0. The van der Waals surface area contributed by atoms with Crippen molar-refractivity contribution in [1.29, 1.82) is 0 Å². The Labute approximate surface area is 199 Å². The third kappa shape index (κ3) is 5.11. The fourth-order valence-corrected chi connectivity index (χ4v) is 4.96. The van der Waals surface area contributed by atoms with Crippen LogP contribution in [-0.2, 0) is 27.5 Å². The van der Waals surface area contributed by atoms with Crippen LogP contribution in [0.1, 0.15) is 44.0 Å². The van der Waals surface area contributed by atoms with Crippen LogP contribution in [-0.4, -0.2) is 70.9 Å². The number of rotatable bonds is 10. The van der Waals surface area contributed by atoms with Crippen molar-refractivity contribution in [1.82, 2.24) is 9.80 Å². The Hall–Kier alpha value is -3.28. The molecular weight excluding hydrogens is 462 g/mol. The molecule has 1 aromatic heterocycles. The van der Waals surface area contributed by atoms with Crippen LogP contribution < -0.4 is 10.5 Å². The molecule has 3 N–H and O–H groups in total. The molecule has 2 aliphatic rings. The van der Waals surface area contributed by atoms with Gasteiger partial charge >= 0.3 is 5.97 Å². The lowest BCUT2D eigenvalue weighted by Crippen LogP contribution is -2.48. The number of nitrogens with two attached hydrogens (primary N) is 1. The number of ether oxygens (including phenoxy) is 2. The zero-order valence-corrected chi connectivity index (χ0v) is 19.2. The van der Waals surface area contributed by atoms with E-state index >= 15 is 0 Å². The van der Waals surface area contributed by atoms with Crippen LogP contribution in [0.25, 0.3) is 0 Å². The van der Waals surface area contributed by atoms with E-state index in [1.165, 1.54) is 11.3 Å². The first-order valence-electron chi connectivity index (χ1n) is 10.9. The molecule has 1 atom stereocenters. The zero-order valence-electron chi connectivity index (χ0n) is 18.4. The molecule has 0 saturated carbocycles. The molecule has 0 unspecified atom stereocenters. The lowest BCUT2D eigenvalue weighted by atomic mass is 10.1. The molecule has 1 fully saturated rings. The second-order valence-corrected chi connectivity index (χ2v) is 9.06. The largest absolute Gasteiger partial charge is 0.488 e. The summed E-state index contributed by atoms with van der Waals surface area (Å²) in [6, 6.07) is 6.37. The first kappa shape index (κ1) is 23.9. The molecule has 3 amide bonds. The number of morpholine rings is 1. The number of fused-ring (bicyclic) bond motifs is 1. The molecule has 3 heterocycles. The number of carboxylic acids is 1. The molecule has 2 aromatic rings. The quantitative estimate of drug-likeness (QED) is 0.480. The van der Waals surface area contributed by atoms with Crippen molar-refractivity contribution in [3.05, 3.63) is 51.2 Å². The Morgan fingerprint density at radius 2 is 1.85 bits per heavy atom. The van der Waals surface area contributed by atoms with Gasteiger partial charge in [-0.2, -0.15) is 0 Å². The number of carbonyl (C=O) groups is 4. The Morgan fingerprint density at radius 1 is 1.15 bits per heavy atom. The van der Waals surface area contributed by atoms with E-state index < -0.39 is 36.2 Å². The third-order valence-corrected chi connectivity index (χ3v) is 6.78. The van der Waals surface area contributed by atoms with Crippen molar-refractivity contribution in [3.63, 3.8) is 0 Å². The summed E-state index contributed by atoms with van der Waals surface area (Å²) >= 11 is 1.22. The van der Waals surface area contributed by atoms with E-state index in [9.17, 15) is 19.2 Å². The number of carboxylic acid groups (broad SMARTS) is 1. The van der Waals surface area contributed by atoms with Crippen molar-refractivity contribution in [3.8, 4) is 5.75 Å². The first-order chi connectivity index (χ1) is 16.3. The minimum atomic E-state index is -1.32. The molecule has 10 nitrogen and oxygen atoms in total.